The summed E-state index contributed by atoms with van der Waals surface area (Å²) in [5, 5.41) is 17.9. The highest BCUT2D eigenvalue weighted by Crippen LogP contribution is 2.22. The SMILES string of the molecule is N#CCC1CN(c2ccc(Br)cc2)CCN1C(=O)O. The van der Waals surface area contributed by atoms with E-state index in [9.17, 15) is 4.79 Å². The number of nitrogens with zero attached hydrogens (tertiary/aromatic N) is 3. The van der Waals surface area contributed by atoms with Crippen LogP contribution in [-0.4, -0.2) is 41.8 Å². The van der Waals surface area contributed by atoms with Gasteiger partial charge in [0, 0.05) is 29.8 Å². The average Bonchev–Trinajstić information content (AvgIpc) is 2.39. The van der Waals surface area contributed by atoms with Gasteiger partial charge in [0.05, 0.1) is 18.5 Å². The van der Waals surface area contributed by atoms with Crippen molar-refractivity contribution >= 4 is 27.7 Å². The highest BCUT2D eigenvalue weighted by molar-refractivity contribution is 9.10. The molecule has 1 N–H and O–H groups in total. The molecule has 0 bridgehead atoms. The van der Waals surface area contributed by atoms with Gasteiger partial charge in [0.1, 0.15) is 0 Å². The van der Waals surface area contributed by atoms with E-state index in [0.29, 0.717) is 19.6 Å². The van der Waals surface area contributed by atoms with Gasteiger partial charge in [-0.15, -0.1) is 0 Å². The average molecular weight is 324 g/mol. The van der Waals surface area contributed by atoms with E-state index < -0.39 is 6.09 Å². The van der Waals surface area contributed by atoms with Gasteiger partial charge in [-0.1, -0.05) is 15.9 Å². The van der Waals surface area contributed by atoms with E-state index in [1.54, 1.807) is 0 Å². The van der Waals surface area contributed by atoms with Gasteiger partial charge in [-0.3, -0.25) is 0 Å². The first-order valence-electron chi connectivity index (χ1n) is 5.99. The number of amides is 1. The number of carbonyl (C=O) groups is 1. The molecule has 1 aliphatic rings. The summed E-state index contributed by atoms with van der Waals surface area (Å²) < 4.78 is 1.01. The lowest BCUT2D eigenvalue weighted by molar-refractivity contribution is 0.119. The molecule has 1 atom stereocenters. The first-order chi connectivity index (χ1) is 9.11. The Balaban J connectivity index is 2.12. The van der Waals surface area contributed by atoms with Gasteiger partial charge in [0.25, 0.3) is 0 Å². The highest BCUT2D eigenvalue weighted by Gasteiger charge is 2.30. The Kier molecular flexibility index (Phi) is 4.27. The lowest BCUT2D eigenvalue weighted by Crippen LogP contribution is -2.54. The molecule has 0 aliphatic carbocycles. The maximum atomic E-state index is 11.1. The number of hydrogen-bond acceptors (Lipinski definition) is 3. The molecule has 1 unspecified atom stereocenters. The molecule has 0 radical (unpaired) electrons. The fourth-order valence-electron chi connectivity index (χ4n) is 2.27. The van der Waals surface area contributed by atoms with Crippen LogP contribution in [0.5, 0.6) is 0 Å². The van der Waals surface area contributed by atoms with Gasteiger partial charge >= 0.3 is 6.09 Å². The van der Waals surface area contributed by atoms with E-state index in [1.165, 1.54) is 4.90 Å². The summed E-state index contributed by atoms with van der Waals surface area (Å²) in [5.74, 6) is 0. The van der Waals surface area contributed by atoms with E-state index in [2.05, 4.69) is 26.9 Å². The first-order valence-corrected chi connectivity index (χ1v) is 6.78. The Morgan fingerprint density at radius 1 is 1.42 bits per heavy atom. The molecule has 6 heteroatoms. The first kappa shape index (κ1) is 13.7. The van der Waals surface area contributed by atoms with Gasteiger partial charge < -0.3 is 14.9 Å². The summed E-state index contributed by atoms with van der Waals surface area (Å²) >= 11 is 3.39. The molecule has 5 nitrogen and oxygen atoms in total. The van der Waals surface area contributed by atoms with Gasteiger partial charge in [-0.25, -0.2) is 4.79 Å². The summed E-state index contributed by atoms with van der Waals surface area (Å²) in [7, 11) is 0. The number of piperazine rings is 1. The lowest BCUT2D eigenvalue weighted by Gasteiger charge is -2.40. The van der Waals surface area contributed by atoms with Gasteiger partial charge in [-0.05, 0) is 24.3 Å². The molecule has 1 aromatic rings. The molecule has 1 amide bonds. The molecule has 2 rings (SSSR count). The maximum Gasteiger partial charge on any atom is 0.407 e. The Morgan fingerprint density at radius 2 is 2.11 bits per heavy atom. The molecule has 0 spiro atoms. The van der Waals surface area contributed by atoms with Crippen molar-refractivity contribution in [3.05, 3.63) is 28.7 Å². The molecule has 1 aliphatic heterocycles. The van der Waals surface area contributed by atoms with Crippen molar-refractivity contribution in [1.29, 1.82) is 5.26 Å². The Morgan fingerprint density at radius 3 is 2.68 bits per heavy atom. The van der Waals surface area contributed by atoms with Crippen LogP contribution < -0.4 is 4.90 Å². The standard InChI is InChI=1S/C13H14BrN3O2/c14-10-1-3-11(4-2-10)16-7-8-17(13(18)19)12(9-16)5-6-15/h1-4,12H,5,7-9H2,(H,18,19). The number of anilines is 1. The highest BCUT2D eigenvalue weighted by atomic mass is 79.9. The molecule has 19 heavy (non-hydrogen) atoms. The van der Waals surface area contributed by atoms with Crippen LogP contribution in [0.3, 0.4) is 0 Å². The van der Waals surface area contributed by atoms with Crippen molar-refractivity contribution in [2.24, 2.45) is 0 Å². The van der Waals surface area contributed by atoms with Gasteiger partial charge in [0.2, 0.25) is 0 Å². The van der Waals surface area contributed by atoms with Crippen molar-refractivity contribution in [3.63, 3.8) is 0 Å². The summed E-state index contributed by atoms with van der Waals surface area (Å²) in [6.45, 7) is 1.63. The molecule has 1 heterocycles. The van der Waals surface area contributed by atoms with Crippen LogP contribution >= 0.6 is 15.9 Å². The van der Waals surface area contributed by atoms with Crippen molar-refractivity contribution in [2.45, 2.75) is 12.5 Å². The predicted octanol–water partition coefficient (Wildman–Crippen LogP) is 2.53. The number of halogens is 1. The number of hydrogen-bond donors (Lipinski definition) is 1. The van der Waals surface area contributed by atoms with Crippen LogP contribution in [0, 0.1) is 11.3 Å². The summed E-state index contributed by atoms with van der Waals surface area (Å²) in [6, 6.07) is 9.69. The second-order valence-corrected chi connectivity index (χ2v) is 5.33. The molecule has 0 aromatic heterocycles. The molecule has 0 saturated carbocycles. The Labute approximate surface area is 120 Å². The zero-order valence-corrected chi connectivity index (χ0v) is 11.9. The van der Waals surface area contributed by atoms with Crippen LogP contribution in [0.1, 0.15) is 6.42 Å². The number of rotatable bonds is 2. The Hall–Kier alpha value is -1.74. The quantitative estimate of drug-likeness (QED) is 0.908. The topological polar surface area (TPSA) is 67.6 Å². The second-order valence-electron chi connectivity index (χ2n) is 4.41. The van der Waals surface area contributed by atoms with E-state index in [-0.39, 0.29) is 12.5 Å². The van der Waals surface area contributed by atoms with E-state index >= 15 is 0 Å². The van der Waals surface area contributed by atoms with Crippen LogP contribution in [0.2, 0.25) is 0 Å². The minimum atomic E-state index is -0.948. The van der Waals surface area contributed by atoms with Crippen LogP contribution in [0.25, 0.3) is 0 Å². The van der Waals surface area contributed by atoms with Crippen molar-refractivity contribution in [1.82, 2.24) is 4.90 Å². The normalized spacial score (nSPS) is 19.1. The lowest BCUT2D eigenvalue weighted by atomic mass is 10.1. The van der Waals surface area contributed by atoms with Gasteiger partial charge in [0.15, 0.2) is 0 Å². The monoisotopic (exact) mass is 323 g/mol. The fraction of sp³-hybridized carbons (Fsp3) is 0.385. The van der Waals surface area contributed by atoms with Crippen molar-refractivity contribution in [3.8, 4) is 6.07 Å². The molecule has 1 saturated heterocycles. The van der Waals surface area contributed by atoms with Gasteiger partial charge in [-0.2, -0.15) is 5.26 Å². The van der Waals surface area contributed by atoms with Crippen LogP contribution in [0.15, 0.2) is 28.7 Å². The number of benzene rings is 1. The van der Waals surface area contributed by atoms with E-state index in [1.807, 2.05) is 24.3 Å². The fourth-order valence-corrected chi connectivity index (χ4v) is 2.54. The second kappa shape index (κ2) is 5.93. The summed E-state index contributed by atoms with van der Waals surface area (Å²) in [6.07, 6.45) is -0.727. The number of carboxylic acid groups (broad SMARTS) is 1. The van der Waals surface area contributed by atoms with Crippen LogP contribution in [-0.2, 0) is 0 Å². The maximum absolute atomic E-state index is 11.1. The molecule has 1 fully saturated rings. The van der Waals surface area contributed by atoms with Crippen molar-refractivity contribution < 1.29 is 9.90 Å². The summed E-state index contributed by atoms with van der Waals surface area (Å²) in [5.41, 5.74) is 1.05. The zero-order valence-electron chi connectivity index (χ0n) is 10.3. The third-order valence-electron chi connectivity index (χ3n) is 3.25. The van der Waals surface area contributed by atoms with Crippen LogP contribution in [0.4, 0.5) is 10.5 Å². The molecular weight excluding hydrogens is 310 g/mol. The number of nitriles is 1. The van der Waals surface area contributed by atoms with Crippen molar-refractivity contribution in [2.75, 3.05) is 24.5 Å². The van der Waals surface area contributed by atoms with E-state index in [0.717, 1.165) is 10.2 Å². The largest absolute Gasteiger partial charge is 0.465 e. The third-order valence-corrected chi connectivity index (χ3v) is 3.78. The summed E-state index contributed by atoms with van der Waals surface area (Å²) in [4.78, 5) is 14.6. The molecule has 1 aromatic carbocycles. The minimum absolute atomic E-state index is 0.222. The third kappa shape index (κ3) is 3.18. The Bertz CT molecular complexity index is 498. The molecular formula is C13H14BrN3O2. The molecule has 100 valence electrons. The minimum Gasteiger partial charge on any atom is -0.465 e. The predicted molar refractivity (Wildman–Crippen MR) is 75.1 cm³/mol. The zero-order chi connectivity index (χ0) is 13.8. The smallest absolute Gasteiger partial charge is 0.407 e. The van der Waals surface area contributed by atoms with E-state index in [4.69, 9.17) is 10.4 Å².